The van der Waals surface area contributed by atoms with Gasteiger partial charge in [-0.3, -0.25) is 0 Å². The summed E-state index contributed by atoms with van der Waals surface area (Å²) >= 11 is 0. The summed E-state index contributed by atoms with van der Waals surface area (Å²) in [6, 6.07) is 7.24. The van der Waals surface area contributed by atoms with Gasteiger partial charge < -0.3 is 9.88 Å². The number of aromatic nitrogens is 2. The molecule has 0 bridgehead atoms. The molecule has 1 unspecified atom stereocenters. The molecular formula is C14H17N3. The fourth-order valence-electron chi connectivity index (χ4n) is 2.70. The summed E-state index contributed by atoms with van der Waals surface area (Å²) in [6.07, 6.45) is 6.20. The van der Waals surface area contributed by atoms with Gasteiger partial charge in [0.05, 0.1) is 0 Å². The normalized spacial score (nSPS) is 18.4. The minimum atomic E-state index is 0.528. The van der Waals surface area contributed by atoms with Gasteiger partial charge in [0, 0.05) is 31.0 Å². The number of rotatable bonds is 2. The van der Waals surface area contributed by atoms with Crippen molar-refractivity contribution in [3.63, 3.8) is 0 Å². The van der Waals surface area contributed by atoms with E-state index in [0.29, 0.717) is 6.04 Å². The molecule has 0 saturated carbocycles. The van der Waals surface area contributed by atoms with Gasteiger partial charge in [0.25, 0.3) is 0 Å². The van der Waals surface area contributed by atoms with Crippen molar-refractivity contribution in [2.75, 3.05) is 7.05 Å². The predicted molar refractivity (Wildman–Crippen MR) is 68.8 cm³/mol. The molecule has 1 atom stereocenters. The third kappa shape index (κ3) is 1.67. The number of fused-ring (bicyclic) bond motifs is 1. The number of hydrogen-bond donors (Lipinski definition) is 1. The van der Waals surface area contributed by atoms with Gasteiger partial charge >= 0.3 is 0 Å². The Kier molecular flexibility index (Phi) is 2.48. The van der Waals surface area contributed by atoms with Crippen molar-refractivity contribution in [1.82, 2.24) is 14.9 Å². The number of nitrogens with zero attached hydrogens (tertiary/aromatic N) is 2. The Morgan fingerprint density at radius 1 is 1.41 bits per heavy atom. The Morgan fingerprint density at radius 3 is 3.00 bits per heavy atom. The summed E-state index contributed by atoms with van der Waals surface area (Å²) in [5, 5.41) is 3.36. The topological polar surface area (TPSA) is 29.9 Å². The van der Waals surface area contributed by atoms with E-state index in [1.807, 2.05) is 26.5 Å². The summed E-state index contributed by atoms with van der Waals surface area (Å²) in [4.78, 5) is 4.40. The van der Waals surface area contributed by atoms with Gasteiger partial charge in [-0.15, -0.1) is 0 Å². The zero-order valence-corrected chi connectivity index (χ0v) is 10.3. The zero-order valence-electron chi connectivity index (χ0n) is 10.3. The predicted octanol–water partition coefficient (Wildman–Crippen LogP) is 2.29. The van der Waals surface area contributed by atoms with Crippen LogP contribution in [0.25, 0.3) is 11.4 Å². The van der Waals surface area contributed by atoms with Crippen molar-refractivity contribution in [2.45, 2.75) is 18.9 Å². The molecule has 3 heteroatoms. The number of aryl methyl sites for hydroxylation is 2. The van der Waals surface area contributed by atoms with E-state index in [1.54, 1.807) is 0 Å². The number of hydrogen-bond acceptors (Lipinski definition) is 2. The number of imidazole rings is 1. The summed E-state index contributed by atoms with van der Waals surface area (Å²) in [7, 11) is 4.07. The van der Waals surface area contributed by atoms with E-state index >= 15 is 0 Å². The van der Waals surface area contributed by atoms with Crippen molar-refractivity contribution >= 4 is 0 Å². The molecule has 2 aromatic rings. The highest BCUT2D eigenvalue weighted by Gasteiger charge is 2.21. The molecule has 0 saturated heterocycles. The third-order valence-electron chi connectivity index (χ3n) is 3.65. The van der Waals surface area contributed by atoms with E-state index < -0.39 is 0 Å². The smallest absolute Gasteiger partial charge is 0.139 e. The van der Waals surface area contributed by atoms with Crippen LogP contribution in [0.3, 0.4) is 0 Å². The quantitative estimate of drug-likeness (QED) is 0.853. The number of benzene rings is 1. The maximum absolute atomic E-state index is 4.40. The molecule has 0 amide bonds. The van der Waals surface area contributed by atoms with Crippen LogP contribution in [0.2, 0.25) is 0 Å². The van der Waals surface area contributed by atoms with Crippen LogP contribution >= 0.6 is 0 Å². The molecule has 0 radical (unpaired) electrons. The average molecular weight is 227 g/mol. The van der Waals surface area contributed by atoms with Crippen LogP contribution in [0.15, 0.2) is 30.6 Å². The number of nitrogens with one attached hydrogen (secondary N) is 1. The molecule has 88 valence electrons. The molecule has 3 nitrogen and oxygen atoms in total. The van der Waals surface area contributed by atoms with Crippen LogP contribution in [0.5, 0.6) is 0 Å². The molecule has 3 rings (SSSR count). The van der Waals surface area contributed by atoms with Gasteiger partial charge in [-0.05, 0) is 37.1 Å². The molecule has 0 spiro atoms. The highest BCUT2D eigenvalue weighted by atomic mass is 15.0. The Bertz CT molecular complexity index is 542. The summed E-state index contributed by atoms with van der Waals surface area (Å²) < 4.78 is 2.06. The second-order valence-electron chi connectivity index (χ2n) is 4.66. The fourth-order valence-corrected chi connectivity index (χ4v) is 2.70. The van der Waals surface area contributed by atoms with Crippen LogP contribution in [0, 0.1) is 0 Å². The van der Waals surface area contributed by atoms with Crippen LogP contribution in [-0.4, -0.2) is 16.6 Å². The molecule has 0 aliphatic heterocycles. The lowest BCUT2D eigenvalue weighted by atomic mass is 10.0. The van der Waals surface area contributed by atoms with Crippen molar-refractivity contribution in [1.29, 1.82) is 0 Å². The third-order valence-corrected chi connectivity index (χ3v) is 3.65. The zero-order chi connectivity index (χ0) is 11.8. The standard InChI is InChI=1S/C14H17N3/c1-15-13-6-4-10-9-11(3-5-12(10)13)14-16-7-8-17(14)2/h3,5,7-9,13,15H,4,6H2,1-2H3. The largest absolute Gasteiger partial charge is 0.334 e. The first-order valence-corrected chi connectivity index (χ1v) is 6.07. The van der Waals surface area contributed by atoms with Crippen LogP contribution in [0.4, 0.5) is 0 Å². The average Bonchev–Trinajstić information content (AvgIpc) is 2.93. The van der Waals surface area contributed by atoms with Gasteiger partial charge in [0.2, 0.25) is 0 Å². The van der Waals surface area contributed by atoms with Gasteiger partial charge in [-0.2, -0.15) is 0 Å². The SMILES string of the molecule is CNC1CCc2cc(-c3nccn3C)ccc21. The minimum absolute atomic E-state index is 0.528. The highest BCUT2D eigenvalue weighted by molar-refractivity contribution is 5.59. The van der Waals surface area contributed by atoms with Crippen molar-refractivity contribution in [3.05, 3.63) is 41.7 Å². The molecule has 1 aliphatic rings. The summed E-state index contributed by atoms with van der Waals surface area (Å²) in [6.45, 7) is 0. The van der Waals surface area contributed by atoms with Crippen LogP contribution in [-0.2, 0) is 13.5 Å². The Labute approximate surface area is 101 Å². The second-order valence-corrected chi connectivity index (χ2v) is 4.66. The lowest BCUT2D eigenvalue weighted by Crippen LogP contribution is -2.12. The fraction of sp³-hybridized carbons (Fsp3) is 0.357. The molecule has 1 aromatic heterocycles. The van der Waals surface area contributed by atoms with Crippen molar-refractivity contribution in [3.8, 4) is 11.4 Å². The Hall–Kier alpha value is -1.61. The molecule has 1 N–H and O–H groups in total. The molecule has 1 aromatic carbocycles. The molecule has 17 heavy (non-hydrogen) atoms. The van der Waals surface area contributed by atoms with Crippen molar-refractivity contribution < 1.29 is 0 Å². The minimum Gasteiger partial charge on any atom is -0.334 e. The van der Waals surface area contributed by atoms with E-state index in [0.717, 1.165) is 5.82 Å². The van der Waals surface area contributed by atoms with Crippen molar-refractivity contribution in [2.24, 2.45) is 7.05 Å². The first-order chi connectivity index (χ1) is 8.29. The second kappa shape index (κ2) is 4.00. The summed E-state index contributed by atoms with van der Waals surface area (Å²) in [5.74, 6) is 1.04. The maximum Gasteiger partial charge on any atom is 0.139 e. The van der Waals surface area contributed by atoms with E-state index in [1.165, 1.54) is 29.5 Å². The first-order valence-electron chi connectivity index (χ1n) is 6.07. The maximum atomic E-state index is 4.40. The molecular weight excluding hydrogens is 210 g/mol. The summed E-state index contributed by atoms with van der Waals surface area (Å²) in [5.41, 5.74) is 4.13. The lowest BCUT2D eigenvalue weighted by molar-refractivity contribution is 0.590. The monoisotopic (exact) mass is 227 g/mol. The first kappa shape index (κ1) is 10.5. The molecule has 1 aliphatic carbocycles. The van der Waals surface area contributed by atoms with E-state index in [9.17, 15) is 0 Å². The van der Waals surface area contributed by atoms with Gasteiger partial charge in [-0.25, -0.2) is 4.98 Å². The van der Waals surface area contributed by atoms with E-state index in [2.05, 4.69) is 33.1 Å². The Morgan fingerprint density at radius 2 is 2.29 bits per heavy atom. The molecule has 0 fully saturated rings. The van der Waals surface area contributed by atoms with Gasteiger partial charge in [0.15, 0.2) is 0 Å². The van der Waals surface area contributed by atoms with E-state index in [4.69, 9.17) is 0 Å². The Balaban J connectivity index is 2.03. The lowest BCUT2D eigenvalue weighted by Gasteiger charge is -2.10. The van der Waals surface area contributed by atoms with E-state index in [-0.39, 0.29) is 0 Å². The van der Waals surface area contributed by atoms with Crippen LogP contribution < -0.4 is 5.32 Å². The highest BCUT2D eigenvalue weighted by Crippen LogP contribution is 2.33. The van der Waals surface area contributed by atoms with Gasteiger partial charge in [0.1, 0.15) is 5.82 Å². The van der Waals surface area contributed by atoms with Crippen LogP contribution in [0.1, 0.15) is 23.6 Å². The molecule has 1 heterocycles. The van der Waals surface area contributed by atoms with Gasteiger partial charge in [-0.1, -0.05) is 12.1 Å².